The summed E-state index contributed by atoms with van der Waals surface area (Å²) in [5.41, 5.74) is 1.12. The van der Waals surface area contributed by atoms with Crippen LogP contribution in [-0.2, 0) is 4.74 Å². The maximum atomic E-state index is 10.7. The Bertz CT molecular complexity index is 374. The van der Waals surface area contributed by atoms with Gasteiger partial charge in [-0.25, -0.2) is 0 Å². The van der Waals surface area contributed by atoms with Gasteiger partial charge in [0.05, 0.1) is 18.3 Å². The molecule has 0 amide bonds. The van der Waals surface area contributed by atoms with Gasteiger partial charge in [0, 0.05) is 18.9 Å². The number of aliphatic hydroxyl groups excluding tert-OH is 2. The van der Waals surface area contributed by atoms with Crippen LogP contribution in [0.4, 0.5) is 0 Å². The lowest BCUT2D eigenvalue weighted by Gasteiger charge is -2.47. The molecule has 0 aliphatic heterocycles. The van der Waals surface area contributed by atoms with Gasteiger partial charge in [0.1, 0.15) is 0 Å². The van der Waals surface area contributed by atoms with Crippen LogP contribution >= 0.6 is 0 Å². The minimum absolute atomic E-state index is 0.119. The van der Waals surface area contributed by atoms with Crippen LogP contribution in [0, 0.1) is 17.8 Å². The third-order valence-corrected chi connectivity index (χ3v) is 4.91. The van der Waals surface area contributed by atoms with E-state index in [9.17, 15) is 10.2 Å². The maximum absolute atomic E-state index is 10.7. The van der Waals surface area contributed by atoms with Crippen molar-refractivity contribution in [3.63, 3.8) is 0 Å². The first-order chi connectivity index (χ1) is 8.72. The highest BCUT2D eigenvalue weighted by Gasteiger charge is 2.46. The van der Waals surface area contributed by atoms with Crippen molar-refractivity contribution in [1.82, 2.24) is 0 Å². The number of allylic oxidation sites excluding steroid dienone is 2. The summed E-state index contributed by atoms with van der Waals surface area (Å²) in [4.78, 5) is 0. The quantitative estimate of drug-likeness (QED) is 0.744. The molecular weight excluding hydrogens is 228 g/mol. The first kappa shape index (κ1) is 12.4. The van der Waals surface area contributed by atoms with Crippen LogP contribution < -0.4 is 0 Å². The molecule has 1 saturated carbocycles. The molecular formula is C15H22O3. The molecule has 2 N–H and O–H groups in total. The largest absolute Gasteiger partial charge is 0.392 e. The maximum Gasteiger partial charge on any atom is 0.0692 e. The Kier molecular flexibility index (Phi) is 3.31. The third-order valence-electron chi connectivity index (χ3n) is 4.91. The molecule has 3 rings (SSSR count). The van der Waals surface area contributed by atoms with Gasteiger partial charge < -0.3 is 14.9 Å². The van der Waals surface area contributed by atoms with E-state index in [0.29, 0.717) is 12.3 Å². The predicted octanol–water partition coefficient (Wildman–Crippen LogP) is 1.66. The van der Waals surface area contributed by atoms with E-state index in [0.717, 1.165) is 24.8 Å². The van der Waals surface area contributed by atoms with Crippen LogP contribution in [0.1, 0.15) is 25.7 Å². The lowest BCUT2D eigenvalue weighted by atomic mass is 9.63. The molecule has 6 atom stereocenters. The molecule has 0 radical (unpaired) electrons. The first-order valence-electron chi connectivity index (χ1n) is 6.99. The first-order valence-corrected chi connectivity index (χ1v) is 6.99. The number of fused-ring (bicyclic) bond motifs is 2. The molecule has 0 spiro atoms. The molecule has 6 unspecified atom stereocenters. The smallest absolute Gasteiger partial charge is 0.0692 e. The van der Waals surface area contributed by atoms with Crippen molar-refractivity contribution in [2.24, 2.45) is 17.8 Å². The van der Waals surface area contributed by atoms with Crippen molar-refractivity contribution in [2.75, 3.05) is 7.11 Å². The Balaban J connectivity index is 1.95. The Morgan fingerprint density at radius 2 is 2.11 bits per heavy atom. The fourth-order valence-corrected chi connectivity index (χ4v) is 4.06. The summed E-state index contributed by atoms with van der Waals surface area (Å²) in [7, 11) is 1.73. The van der Waals surface area contributed by atoms with Gasteiger partial charge in [-0.3, -0.25) is 0 Å². The van der Waals surface area contributed by atoms with Crippen LogP contribution in [0.2, 0.25) is 0 Å². The standard InChI is InChI=1S/C15H22O3/c1-18-12-7-3-5-10-8-9-4-2-6-11(16)13(9)15(17)14(10)12/h2,4,8,10-17H,3,5-7H2,1H3. The number of aliphatic hydroxyl groups is 2. The summed E-state index contributed by atoms with van der Waals surface area (Å²) in [6.07, 6.45) is 9.53. The minimum Gasteiger partial charge on any atom is -0.392 e. The topological polar surface area (TPSA) is 49.7 Å². The van der Waals surface area contributed by atoms with E-state index in [1.54, 1.807) is 7.11 Å². The molecule has 0 heterocycles. The fraction of sp³-hybridized carbons (Fsp3) is 0.733. The number of hydrogen-bond donors (Lipinski definition) is 2. The van der Waals surface area contributed by atoms with Gasteiger partial charge in [-0.15, -0.1) is 0 Å². The van der Waals surface area contributed by atoms with Gasteiger partial charge in [0.25, 0.3) is 0 Å². The van der Waals surface area contributed by atoms with Gasteiger partial charge in [-0.2, -0.15) is 0 Å². The molecule has 0 aromatic heterocycles. The van der Waals surface area contributed by atoms with Gasteiger partial charge in [-0.05, 0) is 30.8 Å². The number of ether oxygens (including phenoxy) is 1. The summed E-state index contributed by atoms with van der Waals surface area (Å²) in [5, 5.41) is 20.8. The normalized spacial score (nSPS) is 47.2. The fourth-order valence-electron chi connectivity index (χ4n) is 4.06. The molecule has 18 heavy (non-hydrogen) atoms. The zero-order chi connectivity index (χ0) is 12.7. The molecule has 3 heteroatoms. The monoisotopic (exact) mass is 250 g/mol. The Labute approximate surface area is 108 Å². The highest BCUT2D eigenvalue weighted by molar-refractivity contribution is 5.32. The third kappa shape index (κ3) is 1.85. The average molecular weight is 250 g/mol. The Morgan fingerprint density at radius 1 is 1.28 bits per heavy atom. The highest BCUT2D eigenvalue weighted by atomic mass is 16.5. The Hall–Kier alpha value is -0.640. The van der Waals surface area contributed by atoms with Gasteiger partial charge in [0.2, 0.25) is 0 Å². The minimum atomic E-state index is -0.472. The lowest BCUT2D eigenvalue weighted by Crippen LogP contribution is -2.50. The van der Waals surface area contributed by atoms with E-state index in [1.807, 2.05) is 6.08 Å². The van der Waals surface area contributed by atoms with Crippen LogP contribution in [0.3, 0.4) is 0 Å². The summed E-state index contributed by atoms with van der Waals surface area (Å²) in [6.45, 7) is 0. The summed E-state index contributed by atoms with van der Waals surface area (Å²) >= 11 is 0. The second-order valence-corrected chi connectivity index (χ2v) is 5.83. The number of hydrogen-bond acceptors (Lipinski definition) is 3. The van der Waals surface area contributed by atoms with Crippen LogP contribution in [0.25, 0.3) is 0 Å². The lowest BCUT2D eigenvalue weighted by molar-refractivity contribution is -0.0937. The molecule has 3 aliphatic carbocycles. The van der Waals surface area contributed by atoms with E-state index in [4.69, 9.17) is 4.74 Å². The van der Waals surface area contributed by atoms with Gasteiger partial charge in [0.15, 0.2) is 0 Å². The zero-order valence-corrected chi connectivity index (χ0v) is 10.8. The van der Waals surface area contributed by atoms with Crippen molar-refractivity contribution < 1.29 is 14.9 Å². The molecule has 3 nitrogen and oxygen atoms in total. The van der Waals surface area contributed by atoms with Gasteiger partial charge >= 0.3 is 0 Å². The Morgan fingerprint density at radius 3 is 2.89 bits per heavy atom. The average Bonchev–Trinajstić information content (AvgIpc) is 2.38. The van der Waals surface area contributed by atoms with Crippen molar-refractivity contribution >= 4 is 0 Å². The molecule has 3 aliphatic rings. The van der Waals surface area contributed by atoms with Crippen molar-refractivity contribution in [3.05, 3.63) is 23.8 Å². The molecule has 0 aromatic carbocycles. The van der Waals surface area contributed by atoms with Gasteiger partial charge in [-0.1, -0.05) is 24.6 Å². The second kappa shape index (κ2) is 4.80. The van der Waals surface area contributed by atoms with Crippen LogP contribution in [0.5, 0.6) is 0 Å². The molecule has 1 fully saturated rings. The van der Waals surface area contributed by atoms with Crippen molar-refractivity contribution in [1.29, 1.82) is 0 Å². The summed E-state index contributed by atoms with van der Waals surface area (Å²) in [6, 6.07) is 0. The SMILES string of the molecule is COC1CCCC2C=C3C=CCC(O)C3C(O)C21. The zero-order valence-electron chi connectivity index (χ0n) is 10.8. The van der Waals surface area contributed by atoms with E-state index in [-0.39, 0.29) is 17.9 Å². The highest BCUT2D eigenvalue weighted by Crippen LogP contribution is 2.45. The number of rotatable bonds is 1. The van der Waals surface area contributed by atoms with E-state index in [2.05, 4.69) is 12.2 Å². The molecule has 0 aromatic rings. The van der Waals surface area contributed by atoms with E-state index in [1.165, 1.54) is 0 Å². The van der Waals surface area contributed by atoms with Crippen LogP contribution in [-0.4, -0.2) is 35.6 Å². The second-order valence-electron chi connectivity index (χ2n) is 5.83. The summed E-state index contributed by atoms with van der Waals surface area (Å²) in [5.74, 6) is 0.436. The molecule has 0 saturated heterocycles. The molecule has 0 bridgehead atoms. The number of methoxy groups -OCH3 is 1. The van der Waals surface area contributed by atoms with Crippen molar-refractivity contribution in [3.8, 4) is 0 Å². The van der Waals surface area contributed by atoms with Crippen molar-refractivity contribution in [2.45, 2.75) is 44.0 Å². The predicted molar refractivity (Wildman–Crippen MR) is 69.0 cm³/mol. The molecule has 100 valence electrons. The van der Waals surface area contributed by atoms with E-state index >= 15 is 0 Å². The van der Waals surface area contributed by atoms with E-state index < -0.39 is 12.2 Å². The van der Waals surface area contributed by atoms with Crippen LogP contribution in [0.15, 0.2) is 23.8 Å². The summed E-state index contributed by atoms with van der Waals surface area (Å²) < 4.78 is 5.56.